The van der Waals surface area contributed by atoms with Crippen LogP contribution in [0, 0.1) is 3.57 Å². The lowest BCUT2D eigenvalue weighted by molar-refractivity contribution is -0.116. The molecule has 0 aliphatic heterocycles. The van der Waals surface area contributed by atoms with E-state index in [2.05, 4.69) is 32.6 Å². The molecule has 2 aromatic rings. The number of hydrogen-bond donors (Lipinski definition) is 2. The Bertz CT molecular complexity index is 619. The first kappa shape index (κ1) is 14.5. The monoisotopic (exact) mass is 383 g/mol. The molecule has 1 heterocycles. The van der Waals surface area contributed by atoms with Gasteiger partial charge in [-0.3, -0.25) is 4.79 Å². The summed E-state index contributed by atoms with van der Waals surface area (Å²) in [5, 5.41) is 0. The third kappa shape index (κ3) is 3.56. The van der Waals surface area contributed by atoms with Crippen molar-refractivity contribution in [1.82, 2.24) is 9.97 Å². The fourth-order valence-corrected chi connectivity index (χ4v) is 2.46. The highest BCUT2D eigenvalue weighted by Gasteiger charge is 2.15. The first-order valence-corrected chi connectivity index (χ1v) is 6.98. The van der Waals surface area contributed by atoms with E-state index in [-0.39, 0.29) is 6.54 Å². The van der Waals surface area contributed by atoms with Crippen molar-refractivity contribution in [3.63, 3.8) is 0 Å². The molecule has 4 N–H and O–H groups in total. The number of rotatable bonds is 5. The lowest BCUT2D eigenvalue weighted by Gasteiger charge is -2.23. The van der Waals surface area contributed by atoms with Crippen LogP contribution < -0.4 is 16.4 Å². The summed E-state index contributed by atoms with van der Waals surface area (Å²) in [5.41, 5.74) is 12.8. The van der Waals surface area contributed by atoms with Gasteiger partial charge in [0.15, 0.2) is 0 Å². The van der Waals surface area contributed by atoms with E-state index in [0.29, 0.717) is 18.1 Å². The maximum Gasteiger partial charge on any atom is 0.237 e. The van der Waals surface area contributed by atoms with Crippen LogP contribution in [0.3, 0.4) is 0 Å². The van der Waals surface area contributed by atoms with Crippen LogP contribution >= 0.6 is 22.6 Å². The smallest absolute Gasteiger partial charge is 0.237 e. The number of anilines is 2. The number of nitrogens with two attached hydrogens (primary N) is 2. The summed E-state index contributed by atoms with van der Waals surface area (Å²) in [6.45, 7) is 0.532. The molecule has 7 heteroatoms. The second-order valence-electron chi connectivity index (χ2n) is 4.22. The zero-order chi connectivity index (χ0) is 14.5. The Morgan fingerprint density at radius 2 is 2.10 bits per heavy atom. The number of carbonyl (C=O) groups excluding carboxylic acids is 1. The zero-order valence-corrected chi connectivity index (χ0v) is 12.8. The summed E-state index contributed by atoms with van der Waals surface area (Å²) in [7, 11) is 0. The number of nitrogens with zero attached hydrogens (tertiary/aromatic N) is 3. The second-order valence-corrected chi connectivity index (χ2v) is 5.38. The fourth-order valence-electron chi connectivity index (χ4n) is 1.82. The molecule has 6 nitrogen and oxygen atoms in total. The van der Waals surface area contributed by atoms with E-state index in [4.69, 9.17) is 11.5 Å². The number of nitrogen functional groups attached to an aromatic ring is 1. The maximum absolute atomic E-state index is 11.3. The normalized spacial score (nSPS) is 10.2. The van der Waals surface area contributed by atoms with E-state index in [1.807, 2.05) is 24.3 Å². The van der Waals surface area contributed by atoms with Gasteiger partial charge in [-0.2, -0.15) is 0 Å². The second kappa shape index (κ2) is 6.51. The van der Waals surface area contributed by atoms with Gasteiger partial charge < -0.3 is 16.4 Å². The van der Waals surface area contributed by atoms with Crippen molar-refractivity contribution in [2.45, 2.75) is 6.54 Å². The Morgan fingerprint density at radius 3 is 2.75 bits per heavy atom. The van der Waals surface area contributed by atoms with E-state index >= 15 is 0 Å². The molecular weight excluding hydrogens is 369 g/mol. The van der Waals surface area contributed by atoms with Gasteiger partial charge in [0, 0.05) is 18.4 Å². The van der Waals surface area contributed by atoms with Crippen molar-refractivity contribution in [3.8, 4) is 0 Å². The van der Waals surface area contributed by atoms with Crippen molar-refractivity contribution in [3.05, 3.63) is 45.9 Å². The molecule has 0 spiro atoms. The molecule has 0 aliphatic rings. The molecule has 0 unspecified atom stereocenters. The topological polar surface area (TPSA) is 98.1 Å². The molecule has 2 rings (SSSR count). The van der Waals surface area contributed by atoms with Crippen LogP contribution in [0.4, 0.5) is 11.5 Å². The van der Waals surface area contributed by atoms with Gasteiger partial charge in [0.1, 0.15) is 12.1 Å². The Labute approximate surface area is 130 Å². The van der Waals surface area contributed by atoms with Crippen LogP contribution in [0.2, 0.25) is 0 Å². The molecule has 0 saturated carbocycles. The Balaban J connectivity index is 2.32. The third-order valence-corrected chi connectivity index (χ3v) is 3.47. The molecule has 0 bridgehead atoms. The number of aromatic nitrogens is 2. The number of hydrogen-bond acceptors (Lipinski definition) is 5. The van der Waals surface area contributed by atoms with Crippen molar-refractivity contribution < 1.29 is 4.79 Å². The number of carbonyl (C=O) groups is 1. The summed E-state index contributed by atoms with van der Waals surface area (Å²) in [6, 6.07) is 7.50. The van der Waals surface area contributed by atoms with Crippen LogP contribution in [-0.4, -0.2) is 22.4 Å². The van der Waals surface area contributed by atoms with Gasteiger partial charge in [-0.15, -0.1) is 0 Å². The molecular formula is C13H14IN5O. The van der Waals surface area contributed by atoms with Gasteiger partial charge in [-0.25, -0.2) is 9.97 Å². The molecule has 20 heavy (non-hydrogen) atoms. The van der Waals surface area contributed by atoms with Gasteiger partial charge in [0.2, 0.25) is 5.91 Å². The molecule has 1 aromatic carbocycles. The number of para-hydroxylation sites is 1. The molecule has 1 amide bonds. The molecule has 0 saturated heterocycles. The summed E-state index contributed by atoms with van der Waals surface area (Å²) in [6.07, 6.45) is 3.13. The van der Waals surface area contributed by atoms with Crippen molar-refractivity contribution in [1.29, 1.82) is 0 Å². The van der Waals surface area contributed by atoms with Crippen LogP contribution in [0.15, 0.2) is 36.8 Å². The Hall–Kier alpha value is -1.90. The minimum absolute atomic E-state index is 0.0708. The Kier molecular flexibility index (Phi) is 4.72. The van der Waals surface area contributed by atoms with E-state index in [9.17, 15) is 4.79 Å². The first-order chi connectivity index (χ1) is 9.58. The molecule has 0 atom stereocenters. The summed E-state index contributed by atoms with van der Waals surface area (Å²) in [4.78, 5) is 21.2. The highest BCUT2D eigenvalue weighted by molar-refractivity contribution is 14.1. The average molecular weight is 383 g/mol. The summed E-state index contributed by atoms with van der Waals surface area (Å²) in [5.74, 6) is 0.247. The third-order valence-electron chi connectivity index (χ3n) is 2.71. The lowest BCUT2D eigenvalue weighted by Crippen LogP contribution is -2.34. The first-order valence-electron chi connectivity index (χ1n) is 5.90. The van der Waals surface area contributed by atoms with E-state index in [1.54, 1.807) is 11.1 Å². The van der Waals surface area contributed by atoms with Crippen LogP contribution in [0.25, 0.3) is 0 Å². The predicted molar refractivity (Wildman–Crippen MR) is 85.8 cm³/mol. The van der Waals surface area contributed by atoms with Crippen molar-refractivity contribution in [2.75, 3.05) is 17.2 Å². The van der Waals surface area contributed by atoms with Crippen molar-refractivity contribution >= 4 is 40.0 Å². The van der Waals surface area contributed by atoms with Crippen molar-refractivity contribution in [2.24, 2.45) is 5.73 Å². The number of halogens is 1. The summed E-state index contributed by atoms with van der Waals surface area (Å²) < 4.78 is 0.848. The summed E-state index contributed by atoms with van der Waals surface area (Å²) >= 11 is 2.12. The van der Waals surface area contributed by atoms with Crippen LogP contribution in [0.5, 0.6) is 0 Å². The molecule has 0 aliphatic carbocycles. The molecule has 104 valence electrons. The highest BCUT2D eigenvalue weighted by atomic mass is 127. The lowest BCUT2D eigenvalue weighted by atomic mass is 10.1. The highest BCUT2D eigenvalue weighted by Crippen LogP contribution is 2.22. The minimum Gasteiger partial charge on any atom is -0.398 e. The maximum atomic E-state index is 11.3. The quantitative estimate of drug-likeness (QED) is 0.597. The molecule has 0 fully saturated rings. The van der Waals surface area contributed by atoms with E-state index in [0.717, 1.165) is 9.13 Å². The minimum atomic E-state index is -0.422. The van der Waals surface area contributed by atoms with Gasteiger partial charge in [-0.05, 0) is 34.2 Å². The van der Waals surface area contributed by atoms with Gasteiger partial charge >= 0.3 is 0 Å². The average Bonchev–Trinajstić information content (AvgIpc) is 2.40. The standard InChI is InChI=1S/C13H14IN5O/c14-10-5-17-8-18-13(10)19(7-12(16)20)6-9-3-1-2-4-11(9)15/h1-5,8H,6-7,15H2,(H2,16,20). The molecule has 1 aromatic heterocycles. The number of amides is 1. The van der Waals surface area contributed by atoms with Gasteiger partial charge in [-0.1, -0.05) is 18.2 Å². The van der Waals surface area contributed by atoms with E-state index in [1.165, 1.54) is 6.33 Å². The van der Waals surface area contributed by atoms with Crippen LogP contribution in [-0.2, 0) is 11.3 Å². The molecule has 0 radical (unpaired) electrons. The van der Waals surface area contributed by atoms with Gasteiger partial charge in [0.05, 0.1) is 10.1 Å². The zero-order valence-electron chi connectivity index (χ0n) is 10.7. The predicted octanol–water partition coefficient (Wildman–Crippen LogP) is 1.16. The van der Waals surface area contributed by atoms with Crippen LogP contribution in [0.1, 0.15) is 5.56 Å². The SMILES string of the molecule is NC(=O)CN(Cc1ccccc1N)c1ncncc1I. The number of primary amides is 1. The van der Waals surface area contributed by atoms with Gasteiger partial charge in [0.25, 0.3) is 0 Å². The largest absolute Gasteiger partial charge is 0.398 e. The fraction of sp³-hybridized carbons (Fsp3) is 0.154. The Morgan fingerprint density at radius 1 is 1.35 bits per heavy atom. The number of benzene rings is 1. The van der Waals surface area contributed by atoms with E-state index < -0.39 is 5.91 Å².